The van der Waals surface area contributed by atoms with Crippen molar-refractivity contribution in [3.8, 4) is 0 Å². The number of nitrogens with one attached hydrogen (secondary N) is 2. The molecule has 3 unspecified atom stereocenters. The molecule has 0 radical (unpaired) electrons. The Balaban J connectivity index is 1.60. The first-order chi connectivity index (χ1) is 10.1. The second-order valence-corrected chi connectivity index (χ2v) is 6.23. The third-order valence-electron chi connectivity index (χ3n) is 4.74. The summed E-state index contributed by atoms with van der Waals surface area (Å²) in [5.41, 5.74) is 1.42. The Morgan fingerprint density at radius 2 is 1.86 bits per heavy atom. The Kier molecular flexibility index (Phi) is 4.06. The largest absolute Gasteiger partial charge is 0.325 e. The molecule has 21 heavy (non-hydrogen) atoms. The summed E-state index contributed by atoms with van der Waals surface area (Å²) >= 11 is 0. The summed E-state index contributed by atoms with van der Waals surface area (Å²) in [5, 5.41) is 6.42. The molecule has 2 aliphatic rings. The summed E-state index contributed by atoms with van der Waals surface area (Å²) in [5.74, 6) is 0.740. The number of hydrogen-bond acceptors (Lipinski definition) is 3. The van der Waals surface area contributed by atoms with E-state index in [-0.39, 0.29) is 17.7 Å². The van der Waals surface area contributed by atoms with E-state index in [9.17, 15) is 9.59 Å². The third kappa shape index (κ3) is 3.16. The number of rotatable bonds is 3. The minimum Gasteiger partial charge on any atom is -0.325 e. The molecule has 1 saturated heterocycles. The maximum atomic E-state index is 12.3. The Morgan fingerprint density at radius 3 is 2.52 bits per heavy atom. The lowest BCUT2D eigenvalue weighted by molar-refractivity contribution is -0.117. The SMILES string of the molecule is CC(=O)c1ccc(NC(=O)C2CC3CCCCC3N2)cc1. The van der Waals surface area contributed by atoms with Gasteiger partial charge in [0.05, 0.1) is 6.04 Å². The van der Waals surface area contributed by atoms with Crippen LogP contribution in [0.4, 0.5) is 5.69 Å². The van der Waals surface area contributed by atoms with Crippen molar-refractivity contribution in [2.75, 3.05) is 5.32 Å². The summed E-state index contributed by atoms with van der Waals surface area (Å²) in [6, 6.07) is 7.52. The summed E-state index contributed by atoms with van der Waals surface area (Å²) in [6.07, 6.45) is 5.96. The molecule has 1 aromatic carbocycles. The molecule has 1 aromatic rings. The van der Waals surface area contributed by atoms with E-state index >= 15 is 0 Å². The first-order valence-corrected chi connectivity index (χ1v) is 7.81. The fraction of sp³-hybridized carbons (Fsp3) is 0.529. The van der Waals surface area contributed by atoms with Crippen molar-refractivity contribution in [1.82, 2.24) is 5.32 Å². The molecule has 4 nitrogen and oxygen atoms in total. The van der Waals surface area contributed by atoms with Crippen LogP contribution in [0.25, 0.3) is 0 Å². The van der Waals surface area contributed by atoms with Gasteiger partial charge < -0.3 is 10.6 Å². The average molecular weight is 286 g/mol. The predicted molar refractivity (Wildman–Crippen MR) is 82.4 cm³/mol. The highest BCUT2D eigenvalue weighted by Crippen LogP contribution is 2.33. The molecule has 1 aliphatic carbocycles. The minimum atomic E-state index is -0.0782. The van der Waals surface area contributed by atoms with Crippen LogP contribution in [-0.2, 0) is 4.79 Å². The molecular formula is C17H22N2O2. The van der Waals surface area contributed by atoms with E-state index in [0.717, 1.165) is 12.1 Å². The van der Waals surface area contributed by atoms with Crippen LogP contribution in [-0.4, -0.2) is 23.8 Å². The molecule has 112 valence electrons. The van der Waals surface area contributed by atoms with Crippen LogP contribution < -0.4 is 10.6 Å². The second-order valence-electron chi connectivity index (χ2n) is 6.23. The van der Waals surface area contributed by atoms with E-state index in [2.05, 4.69) is 10.6 Å². The highest BCUT2D eigenvalue weighted by atomic mass is 16.2. The van der Waals surface area contributed by atoms with Crippen molar-refractivity contribution in [3.63, 3.8) is 0 Å². The van der Waals surface area contributed by atoms with Gasteiger partial charge in [-0.15, -0.1) is 0 Å². The molecule has 2 fully saturated rings. The fourth-order valence-corrected chi connectivity index (χ4v) is 3.54. The molecule has 0 bridgehead atoms. The predicted octanol–water partition coefficient (Wildman–Crippen LogP) is 2.75. The van der Waals surface area contributed by atoms with Gasteiger partial charge in [0.15, 0.2) is 5.78 Å². The molecule has 4 heteroatoms. The van der Waals surface area contributed by atoms with Gasteiger partial charge in [0.2, 0.25) is 5.91 Å². The fourth-order valence-electron chi connectivity index (χ4n) is 3.54. The van der Waals surface area contributed by atoms with E-state index < -0.39 is 0 Å². The van der Waals surface area contributed by atoms with Crippen molar-refractivity contribution < 1.29 is 9.59 Å². The van der Waals surface area contributed by atoms with Gasteiger partial charge in [0.25, 0.3) is 0 Å². The highest BCUT2D eigenvalue weighted by molar-refractivity contribution is 5.97. The van der Waals surface area contributed by atoms with Crippen LogP contribution in [0.1, 0.15) is 49.4 Å². The van der Waals surface area contributed by atoms with E-state index in [1.54, 1.807) is 24.3 Å². The summed E-state index contributed by atoms with van der Waals surface area (Å²) in [6.45, 7) is 1.54. The monoisotopic (exact) mass is 286 g/mol. The Morgan fingerprint density at radius 1 is 1.14 bits per heavy atom. The van der Waals surface area contributed by atoms with Crippen molar-refractivity contribution in [2.45, 2.75) is 51.1 Å². The number of fused-ring (bicyclic) bond motifs is 1. The maximum absolute atomic E-state index is 12.3. The quantitative estimate of drug-likeness (QED) is 0.840. The zero-order valence-electron chi connectivity index (χ0n) is 12.4. The molecule has 2 N–H and O–H groups in total. The van der Waals surface area contributed by atoms with Gasteiger partial charge in [-0.2, -0.15) is 0 Å². The van der Waals surface area contributed by atoms with Gasteiger partial charge in [0, 0.05) is 17.3 Å². The number of hydrogen-bond donors (Lipinski definition) is 2. The molecule has 1 aliphatic heterocycles. The van der Waals surface area contributed by atoms with Crippen LogP contribution >= 0.6 is 0 Å². The zero-order chi connectivity index (χ0) is 14.8. The first kappa shape index (κ1) is 14.3. The zero-order valence-corrected chi connectivity index (χ0v) is 12.4. The van der Waals surface area contributed by atoms with E-state index in [4.69, 9.17) is 0 Å². The van der Waals surface area contributed by atoms with Gasteiger partial charge in [-0.1, -0.05) is 12.8 Å². The number of benzene rings is 1. The lowest BCUT2D eigenvalue weighted by atomic mass is 9.85. The number of carbonyl (C=O) groups excluding carboxylic acids is 2. The lowest BCUT2D eigenvalue weighted by Gasteiger charge is -2.24. The van der Waals surface area contributed by atoms with Gasteiger partial charge in [-0.05, 0) is 56.4 Å². The average Bonchev–Trinajstić information content (AvgIpc) is 2.92. The topological polar surface area (TPSA) is 58.2 Å². The number of anilines is 1. The second kappa shape index (κ2) is 5.98. The van der Waals surface area contributed by atoms with E-state index in [1.807, 2.05) is 0 Å². The molecule has 0 spiro atoms. The van der Waals surface area contributed by atoms with Crippen molar-refractivity contribution in [1.29, 1.82) is 0 Å². The Hall–Kier alpha value is -1.68. The standard InChI is InChI=1S/C17H22N2O2/c1-11(20)12-6-8-14(9-7-12)18-17(21)16-10-13-4-2-3-5-15(13)19-16/h6-9,13,15-16,19H,2-5,10H2,1H3,(H,18,21). The lowest BCUT2D eigenvalue weighted by Crippen LogP contribution is -2.39. The number of Topliss-reactive ketones (excluding diaryl/α,β-unsaturated/α-hetero) is 1. The van der Waals surface area contributed by atoms with Crippen LogP contribution in [0, 0.1) is 5.92 Å². The number of ketones is 1. The number of amides is 1. The summed E-state index contributed by atoms with van der Waals surface area (Å²) in [7, 11) is 0. The summed E-state index contributed by atoms with van der Waals surface area (Å²) in [4.78, 5) is 23.6. The molecule has 1 saturated carbocycles. The first-order valence-electron chi connectivity index (χ1n) is 7.81. The smallest absolute Gasteiger partial charge is 0.241 e. The van der Waals surface area contributed by atoms with Gasteiger partial charge >= 0.3 is 0 Å². The van der Waals surface area contributed by atoms with Gasteiger partial charge in [0.1, 0.15) is 0 Å². The normalized spacial score (nSPS) is 28.0. The maximum Gasteiger partial charge on any atom is 0.241 e. The van der Waals surface area contributed by atoms with Crippen LogP contribution in [0.3, 0.4) is 0 Å². The van der Waals surface area contributed by atoms with Crippen molar-refractivity contribution in [2.24, 2.45) is 5.92 Å². The van der Waals surface area contributed by atoms with Gasteiger partial charge in [-0.3, -0.25) is 9.59 Å². The van der Waals surface area contributed by atoms with E-state index in [0.29, 0.717) is 17.5 Å². The highest BCUT2D eigenvalue weighted by Gasteiger charge is 2.38. The minimum absolute atomic E-state index is 0.0365. The molecule has 0 aromatic heterocycles. The molecule has 1 heterocycles. The molecule has 3 rings (SSSR count). The third-order valence-corrected chi connectivity index (χ3v) is 4.74. The van der Waals surface area contributed by atoms with Crippen molar-refractivity contribution >= 4 is 17.4 Å². The molecular weight excluding hydrogens is 264 g/mol. The van der Waals surface area contributed by atoms with Crippen LogP contribution in [0.2, 0.25) is 0 Å². The Labute approximate surface area is 125 Å². The summed E-state index contributed by atoms with van der Waals surface area (Å²) < 4.78 is 0. The van der Waals surface area contributed by atoms with Gasteiger partial charge in [-0.25, -0.2) is 0 Å². The van der Waals surface area contributed by atoms with Crippen molar-refractivity contribution in [3.05, 3.63) is 29.8 Å². The Bertz CT molecular complexity index is 524. The van der Waals surface area contributed by atoms with E-state index in [1.165, 1.54) is 32.6 Å². The number of carbonyl (C=O) groups is 2. The van der Waals surface area contributed by atoms with Crippen LogP contribution in [0.15, 0.2) is 24.3 Å². The molecule has 1 amide bonds. The van der Waals surface area contributed by atoms with Crippen LogP contribution in [0.5, 0.6) is 0 Å². The molecule has 3 atom stereocenters.